The summed E-state index contributed by atoms with van der Waals surface area (Å²) >= 11 is 0. The third-order valence-corrected chi connectivity index (χ3v) is 3.57. The molecule has 0 saturated heterocycles. The van der Waals surface area contributed by atoms with Crippen LogP contribution in [-0.2, 0) is 13.0 Å². The van der Waals surface area contributed by atoms with Gasteiger partial charge in [-0.05, 0) is 43.0 Å². The van der Waals surface area contributed by atoms with Gasteiger partial charge in [0.2, 0.25) is 0 Å². The molecule has 22 heavy (non-hydrogen) atoms. The number of amides is 2. The zero-order valence-corrected chi connectivity index (χ0v) is 13.4. The minimum Gasteiger partial charge on any atom is -0.334 e. The number of benzene rings is 2. The van der Waals surface area contributed by atoms with Crippen molar-refractivity contribution in [3.8, 4) is 0 Å². The van der Waals surface area contributed by atoms with Gasteiger partial charge in [0.15, 0.2) is 0 Å². The van der Waals surface area contributed by atoms with Crippen LogP contribution >= 0.6 is 0 Å². The lowest BCUT2D eigenvalue weighted by atomic mass is 10.1. The summed E-state index contributed by atoms with van der Waals surface area (Å²) in [7, 11) is 0. The maximum Gasteiger partial charge on any atom is 0.319 e. The molecule has 2 aromatic carbocycles. The lowest BCUT2D eigenvalue weighted by Gasteiger charge is -2.09. The van der Waals surface area contributed by atoms with Crippen LogP contribution < -0.4 is 10.6 Å². The van der Waals surface area contributed by atoms with Crippen LogP contribution in [0.5, 0.6) is 0 Å². The lowest BCUT2D eigenvalue weighted by molar-refractivity contribution is 0.251. The molecule has 0 spiro atoms. The van der Waals surface area contributed by atoms with E-state index in [2.05, 4.69) is 35.8 Å². The standard InChI is InChI=1S/C19H24N2O/c1-3-4-7-16-9-11-18(12-10-16)21-19(22)20-14-17-8-5-6-15(2)13-17/h5-6,8-13H,3-4,7,14H2,1-2H3,(H2,20,21,22). The molecule has 0 heterocycles. The van der Waals surface area contributed by atoms with E-state index in [0.717, 1.165) is 17.7 Å². The van der Waals surface area contributed by atoms with Gasteiger partial charge in [-0.3, -0.25) is 0 Å². The van der Waals surface area contributed by atoms with Gasteiger partial charge < -0.3 is 10.6 Å². The molecular formula is C19H24N2O. The summed E-state index contributed by atoms with van der Waals surface area (Å²) in [5.41, 5.74) is 4.43. The van der Waals surface area contributed by atoms with Crippen molar-refractivity contribution in [3.05, 3.63) is 65.2 Å². The highest BCUT2D eigenvalue weighted by molar-refractivity contribution is 5.89. The minimum absolute atomic E-state index is 0.178. The van der Waals surface area contributed by atoms with Gasteiger partial charge in [-0.1, -0.05) is 55.3 Å². The van der Waals surface area contributed by atoms with Gasteiger partial charge in [-0.25, -0.2) is 4.79 Å². The average molecular weight is 296 g/mol. The fraction of sp³-hybridized carbons (Fsp3) is 0.316. The number of rotatable bonds is 6. The number of carbonyl (C=O) groups excluding carboxylic acids is 1. The van der Waals surface area contributed by atoms with E-state index in [9.17, 15) is 4.79 Å². The number of carbonyl (C=O) groups is 1. The highest BCUT2D eigenvalue weighted by atomic mass is 16.2. The second-order valence-corrected chi connectivity index (χ2v) is 5.60. The molecule has 2 rings (SSSR count). The average Bonchev–Trinajstić information content (AvgIpc) is 2.52. The van der Waals surface area contributed by atoms with Gasteiger partial charge in [0.05, 0.1) is 0 Å². The molecule has 0 aliphatic carbocycles. The summed E-state index contributed by atoms with van der Waals surface area (Å²) in [6.07, 6.45) is 3.49. The summed E-state index contributed by atoms with van der Waals surface area (Å²) < 4.78 is 0. The van der Waals surface area contributed by atoms with Gasteiger partial charge in [-0.2, -0.15) is 0 Å². The second-order valence-electron chi connectivity index (χ2n) is 5.60. The SMILES string of the molecule is CCCCc1ccc(NC(=O)NCc2cccc(C)c2)cc1. The molecule has 2 N–H and O–H groups in total. The highest BCUT2D eigenvalue weighted by Crippen LogP contribution is 2.11. The fourth-order valence-corrected chi connectivity index (χ4v) is 2.32. The van der Waals surface area contributed by atoms with Crippen LogP contribution in [0.1, 0.15) is 36.5 Å². The maximum atomic E-state index is 11.9. The Kier molecular flexibility index (Phi) is 6.01. The third-order valence-electron chi connectivity index (χ3n) is 3.57. The molecule has 0 bridgehead atoms. The molecule has 2 aromatic rings. The van der Waals surface area contributed by atoms with E-state index < -0.39 is 0 Å². The Morgan fingerprint density at radius 1 is 1.05 bits per heavy atom. The molecule has 0 aliphatic rings. The van der Waals surface area contributed by atoms with Gasteiger partial charge in [-0.15, -0.1) is 0 Å². The quantitative estimate of drug-likeness (QED) is 0.799. The topological polar surface area (TPSA) is 41.1 Å². The Hall–Kier alpha value is -2.29. The van der Waals surface area contributed by atoms with Gasteiger partial charge in [0.25, 0.3) is 0 Å². The zero-order chi connectivity index (χ0) is 15.8. The summed E-state index contributed by atoms with van der Waals surface area (Å²) in [4.78, 5) is 11.9. The summed E-state index contributed by atoms with van der Waals surface area (Å²) in [6, 6.07) is 16.0. The number of hydrogen-bond donors (Lipinski definition) is 2. The molecule has 0 radical (unpaired) electrons. The molecule has 116 valence electrons. The number of hydrogen-bond acceptors (Lipinski definition) is 1. The van der Waals surface area contributed by atoms with E-state index in [1.165, 1.54) is 24.0 Å². The van der Waals surface area contributed by atoms with E-state index in [4.69, 9.17) is 0 Å². The highest BCUT2D eigenvalue weighted by Gasteiger charge is 2.02. The van der Waals surface area contributed by atoms with Crippen LogP contribution in [0, 0.1) is 6.92 Å². The number of nitrogens with one attached hydrogen (secondary N) is 2. The Morgan fingerprint density at radius 2 is 1.82 bits per heavy atom. The molecule has 2 amide bonds. The smallest absolute Gasteiger partial charge is 0.319 e. The first-order valence-electron chi connectivity index (χ1n) is 7.86. The van der Waals surface area contributed by atoms with Gasteiger partial charge in [0, 0.05) is 12.2 Å². The number of urea groups is 1. The van der Waals surface area contributed by atoms with Crippen LogP contribution in [0.4, 0.5) is 10.5 Å². The molecule has 0 aliphatic heterocycles. The predicted octanol–water partition coefficient (Wildman–Crippen LogP) is 4.66. The number of unbranched alkanes of at least 4 members (excludes halogenated alkanes) is 1. The first-order valence-corrected chi connectivity index (χ1v) is 7.86. The Bertz CT molecular complexity index is 605. The normalized spacial score (nSPS) is 10.3. The molecule has 3 heteroatoms. The Balaban J connectivity index is 1.81. The number of anilines is 1. The van der Waals surface area contributed by atoms with E-state index in [-0.39, 0.29) is 6.03 Å². The largest absolute Gasteiger partial charge is 0.334 e. The van der Waals surface area contributed by atoms with Crippen molar-refractivity contribution in [1.82, 2.24) is 5.32 Å². The third kappa shape index (κ3) is 5.24. The molecule has 0 atom stereocenters. The van der Waals surface area contributed by atoms with Gasteiger partial charge >= 0.3 is 6.03 Å². The van der Waals surface area contributed by atoms with Gasteiger partial charge in [0.1, 0.15) is 0 Å². The molecule has 0 aromatic heterocycles. The van der Waals surface area contributed by atoms with Crippen molar-refractivity contribution >= 4 is 11.7 Å². The van der Waals surface area contributed by atoms with Crippen molar-refractivity contribution in [2.75, 3.05) is 5.32 Å². The lowest BCUT2D eigenvalue weighted by Crippen LogP contribution is -2.28. The predicted molar refractivity (Wildman–Crippen MR) is 92.1 cm³/mol. The van der Waals surface area contributed by atoms with Crippen molar-refractivity contribution < 1.29 is 4.79 Å². The van der Waals surface area contributed by atoms with E-state index in [1.54, 1.807) is 0 Å². The van der Waals surface area contributed by atoms with Crippen molar-refractivity contribution in [2.45, 2.75) is 39.7 Å². The zero-order valence-electron chi connectivity index (χ0n) is 13.4. The Labute approximate surface area is 132 Å². The monoisotopic (exact) mass is 296 g/mol. The van der Waals surface area contributed by atoms with Crippen LogP contribution in [0.2, 0.25) is 0 Å². The van der Waals surface area contributed by atoms with Crippen molar-refractivity contribution in [3.63, 3.8) is 0 Å². The number of aryl methyl sites for hydroxylation is 2. The van der Waals surface area contributed by atoms with E-state index in [1.807, 2.05) is 37.3 Å². The van der Waals surface area contributed by atoms with Crippen LogP contribution in [0.15, 0.2) is 48.5 Å². The molecule has 0 unspecified atom stereocenters. The van der Waals surface area contributed by atoms with Crippen LogP contribution in [0.25, 0.3) is 0 Å². The maximum absolute atomic E-state index is 11.9. The molecular weight excluding hydrogens is 272 g/mol. The summed E-state index contributed by atoms with van der Waals surface area (Å²) in [5.74, 6) is 0. The molecule has 0 saturated carbocycles. The van der Waals surface area contributed by atoms with Crippen LogP contribution in [0.3, 0.4) is 0 Å². The molecule has 3 nitrogen and oxygen atoms in total. The summed E-state index contributed by atoms with van der Waals surface area (Å²) in [5, 5.41) is 5.73. The Morgan fingerprint density at radius 3 is 2.50 bits per heavy atom. The molecule has 0 fully saturated rings. The van der Waals surface area contributed by atoms with Crippen LogP contribution in [-0.4, -0.2) is 6.03 Å². The second kappa shape index (κ2) is 8.23. The van der Waals surface area contributed by atoms with Crippen molar-refractivity contribution in [2.24, 2.45) is 0 Å². The first kappa shape index (κ1) is 16.1. The van der Waals surface area contributed by atoms with Crippen molar-refractivity contribution in [1.29, 1.82) is 0 Å². The van der Waals surface area contributed by atoms with E-state index >= 15 is 0 Å². The van der Waals surface area contributed by atoms with E-state index in [0.29, 0.717) is 6.54 Å². The first-order chi connectivity index (χ1) is 10.7. The fourth-order valence-electron chi connectivity index (χ4n) is 2.32. The minimum atomic E-state index is -0.178. The summed E-state index contributed by atoms with van der Waals surface area (Å²) in [6.45, 7) is 4.76.